The van der Waals surface area contributed by atoms with E-state index in [1.807, 2.05) is 32.0 Å². The van der Waals surface area contributed by atoms with Gasteiger partial charge in [0.2, 0.25) is 0 Å². The predicted molar refractivity (Wildman–Crippen MR) is 77.1 cm³/mol. The van der Waals surface area contributed by atoms with Gasteiger partial charge in [0, 0.05) is 31.6 Å². The first-order valence-corrected chi connectivity index (χ1v) is 6.93. The van der Waals surface area contributed by atoms with Crippen LogP contribution in [0.1, 0.15) is 11.3 Å². The fourth-order valence-electron chi connectivity index (χ4n) is 1.55. The first-order chi connectivity index (χ1) is 9.04. The number of aryl methyl sites for hydroxylation is 1. The van der Waals surface area contributed by atoms with E-state index in [1.54, 1.807) is 23.9 Å². The normalized spacial score (nSPS) is 10.5. The van der Waals surface area contributed by atoms with E-state index in [-0.39, 0.29) is 5.82 Å². The topological polar surface area (TPSA) is 29.0 Å². The number of halogens is 1. The van der Waals surface area contributed by atoms with E-state index < -0.39 is 0 Å². The van der Waals surface area contributed by atoms with Gasteiger partial charge in [0.05, 0.1) is 0 Å². The molecule has 3 nitrogen and oxygen atoms in total. The first kappa shape index (κ1) is 13.8. The summed E-state index contributed by atoms with van der Waals surface area (Å²) in [6.45, 7) is 1.95. The van der Waals surface area contributed by atoms with Gasteiger partial charge >= 0.3 is 0 Å². The number of nitrogens with zero attached hydrogens (tertiary/aromatic N) is 3. The third-order valence-electron chi connectivity index (χ3n) is 2.56. The highest BCUT2D eigenvalue weighted by atomic mass is 32.2. The number of thioether (sulfide) groups is 1. The Bertz CT molecular complexity index is 555. The molecule has 0 saturated carbocycles. The van der Waals surface area contributed by atoms with E-state index >= 15 is 0 Å². The SMILES string of the molecule is Cc1cc(N(C)C)nc(SCc2ccc(F)cc2)n1. The monoisotopic (exact) mass is 277 g/mol. The Hall–Kier alpha value is -1.62. The summed E-state index contributed by atoms with van der Waals surface area (Å²) in [5.41, 5.74) is 2.00. The van der Waals surface area contributed by atoms with E-state index in [4.69, 9.17) is 0 Å². The van der Waals surface area contributed by atoms with Gasteiger partial charge in [-0.05, 0) is 24.6 Å². The number of rotatable bonds is 4. The van der Waals surface area contributed by atoms with E-state index in [0.717, 1.165) is 28.0 Å². The van der Waals surface area contributed by atoms with Crippen LogP contribution in [0.5, 0.6) is 0 Å². The fourth-order valence-corrected chi connectivity index (χ4v) is 2.40. The zero-order valence-corrected chi connectivity index (χ0v) is 12.0. The molecule has 0 atom stereocenters. The van der Waals surface area contributed by atoms with Crippen molar-refractivity contribution in [3.8, 4) is 0 Å². The Kier molecular flexibility index (Phi) is 4.37. The molecule has 2 rings (SSSR count). The van der Waals surface area contributed by atoms with Crippen LogP contribution in [0.25, 0.3) is 0 Å². The van der Waals surface area contributed by atoms with Crippen LogP contribution in [-0.4, -0.2) is 24.1 Å². The lowest BCUT2D eigenvalue weighted by Gasteiger charge is -2.12. The van der Waals surface area contributed by atoms with Crippen LogP contribution in [-0.2, 0) is 5.75 Å². The molecule has 0 N–H and O–H groups in total. The maximum atomic E-state index is 12.8. The second kappa shape index (κ2) is 6.02. The number of hydrogen-bond acceptors (Lipinski definition) is 4. The quantitative estimate of drug-likeness (QED) is 0.633. The molecular formula is C14H16FN3S. The van der Waals surface area contributed by atoms with Gasteiger partial charge in [-0.25, -0.2) is 14.4 Å². The van der Waals surface area contributed by atoms with Gasteiger partial charge in [-0.3, -0.25) is 0 Å². The summed E-state index contributed by atoms with van der Waals surface area (Å²) in [4.78, 5) is 10.8. The van der Waals surface area contributed by atoms with E-state index in [2.05, 4.69) is 9.97 Å². The van der Waals surface area contributed by atoms with Gasteiger partial charge in [-0.15, -0.1) is 0 Å². The van der Waals surface area contributed by atoms with Crippen LogP contribution >= 0.6 is 11.8 Å². The molecule has 1 heterocycles. The van der Waals surface area contributed by atoms with Crippen LogP contribution in [0.3, 0.4) is 0 Å². The van der Waals surface area contributed by atoms with Crippen LogP contribution in [0.15, 0.2) is 35.5 Å². The van der Waals surface area contributed by atoms with Crippen molar-refractivity contribution in [2.24, 2.45) is 0 Å². The minimum absolute atomic E-state index is 0.213. The average molecular weight is 277 g/mol. The highest BCUT2D eigenvalue weighted by molar-refractivity contribution is 7.98. The molecule has 5 heteroatoms. The highest BCUT2D eigenvalue weighted by Crippen LogP contribution is 2.22. The van der Waals surface area contributed by atoms with Crippen molar-refractivity contribution >= 4 is 17.6 Å². The average Bonchev–Trinajstić information content (AvgIpc) is 2.37. The predicted octanol–water partition coefficient (Wildman–Crippen LogP) is 3.28. The largest absolute Gasteiger partial charge is 0.363 e. The highest BCUT2D eigenvalue weighted by Gasteiger charge is 2.05. The molecule has 1 aromatic heterocycles. The van der Waals surface area contributed by atoms with Crippen LogP contribution in [0.4, 0.5) is 10.2 Å². The molecule has 0 radical (unpaired) electrons. The van der Waals surface area contributed by atoms with Gasteiger partial charge in [0.25, 0.3) is 0 Å². The Balaban J connectivity index is 2.08. The fraction of sp³-hybridized carbons (Fsp3) is 0.286. The molecule has 100 valence electrons. The molecule has 0 bridgehead atoms. The van der Waals surface area contributed by atoms with E-state index in [0.29, 0.717) is 0 Å². The third-order valence-corrected chi connectivity index (χ3v) is 3.48. The molecule has 0 aliphatic rings. The van der Waals surface area contributed by atoms with Crippen molar-refractivity contribution < 1.29 is 4.39 Å². The van der Waals surface area contributed by atoms with Gasteiger partial charge in [-0.1, -0.05) is 23.9 Å². The van der Waals surface area contributed by atoms with E-state index in [1.165, 1.54) is 12.1 Å². The number of benzene rings is 1. The molecule has 19 heavy (non-hydrogen) atoms. The van der Waals surface area contributed by atoms with Crippen molar-refractivity contribution in [3.63, 3.8) is 0 Å². The summed E-state index contributed by atoms with van der Waals surface area (Å²) >= 11 is 1.55. The maximum Gasteiger partial charge on any atom is 0.190 e. The lowest BCUT2D eigenvalue weighted by molar-refractivity contribution is 0.627. The lowest BCUT2D eigenvalue weighted by Crippen LogP contribution is -2.11. The minimum Gasteiger partial charge on any atom is -0.363 e. The molecule has 0 saturated heterocycles. The summed E-state index contributed by atoms with van der Waals surface area (Å²) in [6, 6.07) is 8.45. The van der Waals surface area contributed by atoms with Crippen molar-refractivity contribution in [2.75, 3.05) is 19.0 Å². The third kappa shape index (κ3) is 3.92. The summed E-state index contributed by atoms with van der Waals surface area (Å²) in [5.74, 6) is 1.42. The van der Waals surface area contributed by atoms with Gasteiger partial charge in [0.1, 0.15) is 11.6 Å². The Morgan fingerprint density at radius 2 is 1.84 bits per heavy atom. The Morgan fingerprint density at radius 3 is 2.47 bits per heavy atom. The van der Waals surface area contributed by atoms with Gasteiger partial charge in [-0.2, -0.15) is 0 Å². The number of anilines is 1. The Morgan fingerprint density at radius 1 is 1.16 bits per heavy atom. The zero-order valence-electron chi connectivity index (χ0n) is 11.2. The molecule has 0 fully saturated rings. The molecule has 0 aliphatic heterocycles. The standard InChI is InChI=1S/C14H16FN3S/c1-10-8-13(18(2)3)17-14(16-10)19-9-11-4-6-12(15)7-5-11/h4-8H,9H2,1-3H3. The smallest absolute Gasteiger partial charge is 0.190 e. The van der Waals surface area contributed by atoms with Crippen molar-refractivity contribution in [1.29, 1.82) is 0 Å². The molecule has 1 aromatic carbocycles. The van der Waals surface area contributed by atoms with Crippen LogP contribution in [0, 0.1) is 12.7 Å². The summed E-state index contributed by atoms with van der Waals surface area (Å²) < 4.78 is 12.8. The molecular weight excluding hydrogens is 261 g/mol. The lowest BCUT2D eigenvalue weighted by atomic mass is 10.2. The van der Waals surface area contributed by atoms with Crippen LogP contribution in [0.2, 0.25) is 0 Å². The minimum atomic E-state index is -0.213. The van der Waals surface area contributed by atoms with Crippen molar-refractivity contribution in [2.45, 2.75) is 17.8 Å². The second-order valence-electron chi connectivity index (χ2n) is 4.46. The molecule has 0 unspecified atom stereocenters. The molecule has 0 aliphatic carbocycles. The number of hydrogen-bond donors (Lipinski definition) is 0. The first-order valence-electron chi connectivity index (χ1n) is 5.95. The number of aromatic nitrogens is 2. The van der Waals surface area contributed by atoms with Crippen LogP contribution < -0.4 is 4.90 Å². The maximum absolute atomic E-state index is 12.8. The van der Waals surface area contributed by atoms with Gasteiger partial charge < -0.3 is 4.90 Å². The summed E-state index contributed by atoms with van der Waals surface area (Å²) in [7, 11) is 3.91. The Labute approximate surface area is 116 Å². The summed E-state index contributed by atoms with van der Waals surface area (Å²) in [6.07, 6.45) is 0. The molecule has 2 aromatic rings. The second-order valence-corrected chi connectivity index (χ2v) is 5.40. The van der Waals surface area contributed by atoms with Crippen molar-refractivity contribution in [3.05, 3.63) is 47.4 Å². The molecule has 0 spiro atoms. The van der Waals surface area contributed by atoms with Crippen molar-refractivity contribution in [1.82, 2.24) is 9.97 Å². The molecule has 0 amide bonds. The van der Waals surface area contributed by atoms with Gasteiger partial charge in [0.15, 0.2) is 5.16 Å². The van der Waals surface area contributed by atoms with E-state index in [9.17, 15) is 4.39 Å². The zero-order chi connectivity index (χ0) is 13.8. The summed E-state index contributed by atoms with van der Waals surface area (Å²) in [5, 5.41) is 0.744.